The molecule has 0 bridgehead atoms. The first kappa shape index (κ1) is 14.1. The van der Waals surface area contributed by atoms with Gasteiger partial charge in [0.05, 0.1) is 12.0 Å². The average molecular weight is 236 g/mol. The van der Waals surface area contributed by atoms with Crippen molar-refractivity contribution < 1.29 is 4.79 Å². The van der Waals surface area contributed by atoms with Crippen LogP contribution >= 0.6 is 0 Å². The fourth-order valence-electron chi connectivity index (χ4n) is 2.43. The quantitative estimate of drug-likeness (QED) is 0.578. The molecule has 0 spiro atoms. The van der Waals surface area contributed by atoms with Crippen LogP contribution in [0.1, 0.15) is 51.9 Å². The lowest BCUT2D eigenvalue weighted by Crippen LogP contribution is -2.44. The molecule has 1 aliphatic carbocycles. The number of rotatable bonds is 4. The van der Waals surface area contributed by atoms with Crippen molar-refractivity contribution in [3.63, 3.8) is 0 Å². The summed E-state index contributed by atoms with van der Waals surface area (Å²) in [5.41, 5.74) is 6.06. The van der Waals surface area contributed by atoms with Crippen LogP contribution in [0, 0.1) is 18.3 Å². The molecule has 17 heavy (non-hydrogen) atoms. The lowest BCUT2D eigenvalue weighted by atomic mass is 9.94. The van der Waals surface area contributed by atoms with E-state index in [2.05, 4.69) is 18.2 Å². The number of nitrogens with two attached hydrogens (primary N) is 1. The van der Waals surface area contributed by atoms with E-state index in [-0.39, 0.29) is 23.9 Å². The number of hydrogen-bond acceptors (Lipinski definition) is 2. The summed E-state index contributed by atoms with van der Waals surface area (Å²) in [4.78, 5) is 12.1. The Bertz CT molecular complexity index is 282. The van der Waals surface area contributed by atoms with Gasteiger partial charge in [-0.2, -0.15) is 0 Å². The van der Waals surface area contributed by atoms with Crippen LogP contribution in [-0.2, 0) is 4.79 Å². The Morgan fingerprint density at radius 2 is 2.18 bits per heavy atom. The largest absolute Gasteiger partial charge is 0.342 e. The summed E-state index contributed by atoms with van der Waals surface area (Å²) in [5, 5.41) is 2.94. The van der Waals surface area contributed by atoms with Gasteiger partial charge in [0.15, 0.2) is 0 Å². The van der Waals surface area contributed by atoms with Gasteiger partial charge in [-0.3, -0.25) is 4.79 Å². The molecule has 3 N–H and O–H groups in total. The fourth-order valence-corrected chi connectivity index (χ4v) is 2.43. The van der Waals surface area contributed by atoms with E-state index in [0.717, 1.165) is 38.5 Å². The van der Waals surface area contributed by atoms with Gasteiger partial charge in [-0.15, -0.1) is 6.42 Å². The van der Waals surface area contributed by atoms with Crippen molar-refractivity contribution in [3.8, 4) is 12.3 Å². The molecule has 3 atom stereocenters. The van der Waals surface area contributed by atoms with Gasteiger partial charge in [-0.25, -0.2) is 0 Å². The van der Waals surface area contributed by atoms with E-state index in [0.29, 0.717) is 0 Å². The van der Waals surface area contributed by atoms with Gasteiger partial charge in [-0.05, 0) is 19.3 Å². The molecular weight excluding hydrogens is 212 g/mol. The molecule has 1 saturated carbocycles. The molecule has 1 aliphatic rings. The summed E-state index contributed by atoms with van der Waals surface area (Å²) in [6.45, 7) is 2.06. The van der Waals surface area contributed by atoms with Crippen LogP contribution < -0.4 is 11.1 Å². The van der Waals surface area contributed by atoms with Crippen molar-refractivity contribution in [2.75, 3.05) is 0 Å². The highest BCUT2D eigenvalue weighted by Crippen LogP contribution is 2.22. The smallest absolute Gasteiger partial charge is 0.225 e. The van der Waals surface area contributed by atoms with Gasteiger partial charge in [-0.1, -0.05) is 38.5 Å². The Hall–Kier alpha value is -1.01. The average Bonchev–Trinajstić information content (AvgIpc) is 2.53. The Kier molecular flexibility index (Phi) is 6.07. The molecule has 0 radical (unpaired) electrons. The molecule has 96 valence electrons. The molecule has 3 unspecified atom stereocenters. The predicted molar refractivity (Wildman–Crippen MR) is 70.2 cm³/mol. The van der Waals surface area contributed by atoms with Gasteiger partial charge < -0.3 is 11.1 Å². The van der Waals surface area contributed by atoms with Crippen molar-refractivity contribution in [1.29, 1.82) is 0 Å². The van der Waals surface area contributed by atoms with Crippen LogP contribution in [0.3, 0.4) is 0 Å². The highest BCUT2D eigenvalue weighted by atomic mass is 16.2. The van der Waals surface area contributed by atoms with Crippen molar-refractivity contribution in [3.05, 3.63) is 0 Å². The van der Waals surface area contributed by atoms with Gasteiger partial charge in [0.2, 0.25) is 5.91 Å². The molecule has 1 amide bonds. The molecule has 0 aromatic heterocycles. The second kappa shape index (κ2) is 7.34. The summed E-state index contributed by atoms with van der Waals surface area (Å²) in [5.74, 6) is 2.63. The zero-order valence-corrected chi connectivity index (χ0v) is 10.7. The number of carbonyl (C=O) groups is 1. The highest BCUT2D eigenvalue weighted by molar-refractivity contribution is 5.80. The van der Waals surface area contributed by atoms with Crippen LogP contribution in [0.4, 0.5) is 0 Å². The third-order valence-corrected chi connectivity index (χ3v) is 3.50. The van der Waals surface area contributed by atoms with Crippen molar-refractivity contribution in [2.24, 2.45) is 11.7 Å². The van der Waals surface area contributed by atoms with Crippen LogP contribution in [0.25, 0.3) is 0 Å². The highest BCUT2D eigenvalue weighted by Gasteiger charge is 2.27. The van der Waals surface area contributed by atoms with Crippen molar-refractivity contribution >= 4 is 5.91 Å². The summed E-state index contributed by atoms with van der Waals surface area (Å²) in [7, 11) is 0. The first-order valence-electron chi connectivity index (χ1n) is 6.71. The Labute approximate surface area is 105 Å². The van der Waals surface area contributed by atoms with Gasteiger partial charge in [0.25, 0.3) is 0 Å². The van der Waals surface area contributed by atoms with Crippen LogP contribution in [0.15, 0.2) is 0 Å². The minimum Gasteiger partial charge on any atom is -0.342 e. The fraction of sp³-hybridized carbons (Fsp3) is 0.786. The Balaban J connectivity index is 2.52. The first-order chi connectivity index (χ1) is 8.19. The summed E-state index contributed by atoms with van der Waals surface area (Å²) in [6, 6.07) is -0.138. The first-order valence-corrected chi connectivity index (χ1v) is 6.71. The van der Waals surface area contributed by atoms with E-state index in [1.54, 1.807) is 0 Å². The Morgan fingerprint density at radius 3 is 2.82 bits per heavy atom. The van der Waals surface area contributed by atoms with Crippen LogP contribution in [0.2, 0.25) is 0 Å². The third kappa shape index (κ3) is 4.40. The molecule has 1 rings (SSSR count). The molecule has 0 aliphatic heterocycles. The molecular formula is C14H24N2O. The number of terminal acetylenes is 1. The van der Waals surface area contributed by atoms with E-state index in [1.165, 1.54) is 6.42 Å². The summed E-state index contributed by atoms with van der Waals surface area (Å²) >= 11 is 0. The van der Waals surface area contributed by atoms with Gasteiger partial charge in [0.1, 0.15) is 0 Å². The number of carbonyl (C=O) groups excluding carboxylic acids is 1. The lowest BCUT2D eigenvalue weighted by Gasteiger charge is -2.22. The van der Waals surface area contributed by atoms with Crippen molar-refractivity contribution in [2.45, 2.75) is 64.0 Å². The predicted octanol–water partition coefficient (Wildman–Crippen LogP) is 1.81. The summed E-state index contributed by atoms with van der Waals surface area (Å²) in [6.07, 6.45) is 12.5. The van der Waals surface area contributed by atoms with Gasteiger partial charge in [0, 0.05) is 6.04 Å². The number of nitrogens with one attached hydrogen (secondary N) is 1. The van der Waals surface area contributed by atoms with E-state index in [1.807, 2.05) is 0 Å². The van der Waals surface area contributed by atoms with Crippen molar-refractivity contribution in [1.82, 2.24) is 5.32 Å². The SMILES string of the molecule is C#CC(CCC)NC(=O)C1CCCCCC1N. The van der Waals surface area contributed by atoms with E-state index >= 15 is 0 Å². The van der Waals surface area contributed by atoms with Crippen LogP contribution in [-0.4, -0.2) is 18.0 Å². The molecule has 3 nitrogen and oxygen atoms in total. The molecule has 3 heteroatoms. The minimum atomic E-state index is -0.136. The second-order valence-electron chi connectivity index (χ2n) is 4.92. The Morgan fingerprint density at radius 1 is 1.47 bits per heavy atom. The third-order valence-electron chi connectivity index (χ3n) is 3.50. The standard InChI is InChI=1S/C14H24N2O/c1-3-8-11(4-2)16-14(17)12-9-6-5-7-10-13(12)15/h2,11-13H,3,5-10,15H2,1H3,(H,16,17). The van der Waals surface area contributed by atoms with Crippen LogP contribution in [0.5, 0.6) is 0 Å². The summed E-state index contributed by atoms with van der Waals surface area (Å²) < 4.78 is 0. The molecule has 0 heterocycles. The van der Waals surface area contributed by atoms with Gasteiger partial charge >= 0.3 is 0 Å². The maximum Gasteiger partial charge on any atom is 0.225 e. The molecule has 0 saturated heterocycles. The monoisotopic (exact) mass is 236 g/mol. The molecule has 0 aromatic carbocycles. The second-order valence-corrected chi connectivity index (χ2v) is 4.92. The minimum absolute atomic E-state index is 0.00227. The number of amides is 1. The lowest BCUT2D eigenvalue weighted by molar-refractivity contribution is -0.126. The maximum absolute atomic E-state index is 12.1. The molecule has 0 aromatic rings. The topological polar surface area (TPSA) is 55.1 Å². The normalized spacial score (nSPS) is 26.6. The molecule has 1 fully saturated rings. The van der Waals surface area contributed by atoms with E-state index < -0.39 is 0 Å². The zero-order valence-electron chi connectivity index (χ0n) is 10.7. The van der Waals surface area contributed by atoms with E-state index in [4.69, 9.17) is 12.2 Å². The van der Waals surface area contributed by atoms with E-state index in [9.17, 15) is 4.79 Å². The number of hydrogen-bond donors (Lipinski definition) is 2. The maximum atomic E-state index is 12.1. The zero-order chi connectivity index (χ0) is 12.7.